The molecule has 3 N–H and O–H groups in total. The first-order valence-electron chi connectivity index (χ1n) is 5.90. The van der Waals surface area contributed by atoms with E-state index in [1.165, 1.54) is 0 Å². The van der Waals surface area contributed by atoms with Gasteiger partial charge in [-0.15, -0.1) is 0 Å². The maximum absolute atomic E-state index is 12.0. The molecule has 0 aliphatic carbocycles. The van der Waals surface area contributed by atoms with Crippen LogP contribution in [0.15, 0.2) is 22.7 Å². The molecule has 3 nitrogen and oxygen atoms in total. The summed E-state index contributed by atoms with van der Waals surface area (Å²) in [7, 11) is 0. The molecule has 1 aromatic carbocycles. The summed E-state index contributed by atoms with van der Waals surface area (Å²) >= 11 is 3.34. The van der Waals surface area contributed by atoms with Gasteiger partial charge in [0, 0.05) is 16.2 Å². The Labute approximate surface area is 111 Å². The highest BCUT2D eigenvalue weighted by Crippen LogP contribution is 2.18. The van der Waals surface area contributed by atoms with E-state index in [2.05, 4.69) is 28.2 Å². The van der Waals surface area contributed by atoms with Gasteiger partial charge in [-0.25, -0.2) is 0 Å². The summed E-state index contributed by atoms with van der Waals surface area (Å²) in [4.78, 5) is 12.0. The van der Waals surface area contributed by atoms with Crippen LogP contribution in [0.25, 0.3) is 0 Å². The number of nitrogens with two attached hydrogens (primary N) is 1. The molecule has 0 aromatic heterocycles. The summed E-state index contributed by atoms with van der Waals surface area (Å²) in [5, 5.41) is 2.96. The summed E-state index contributed by atoms with van der Waals surface area (Å²) in [5.41, 5.74) is 6.82. The second-order valence-corrected chi connectivity index (χ2v) is 5.16. The monoisotopic (exact) mass is 298 g/mol. The zero-order valence-electron chi connectivity index (χ0n) is 10.3. The van der Waals surface area contributed by atoms with Gasteiger partial charge in [-0.05, 0) is 31.5 Å². The van der Waals surface area contributed by atoms with Gasteiger partial charge in [0.05, 0.1) is 5.56 Å². The van der Waals surface area contributed by atoms with Crippen LogP contribution in [0.5, 0.6) is 0 Å². The lowest BCUT2D eigenvalue weighted by Crippen LogP contribution is -2.32. The van der Waals surface area contributed by atoms with E-state index in [1.807, 2.05) is 13.0 Å². The van der Waals surface area contributed by atoms with Crippen LogP contribution >= 0.6 is 15.9 Å². The molecule has 0 saturated heterocycles. The van der Waals surface area contributed by atoms with Crippen LogP contribution in [-0.4, -0.2) is 11.9 Å². The molecular weight excluding hydrogens is 280 g/mol. The molecule has 0 aliphatic rings. The molecule has 17 heavy (non-hydrogen) atoms. The van der Waals surface area contributed by atoms with Crippen molar-refractivity contribution in [1.29, 1.82) is 0 Å². The molecule has 0 spiro atoms. The van der Waals surface area contributed by atoms with E-state index in [4.69, 9.17) is 5.73 Å². The lowest BCUT2D eigenvalue weighted by molar-refractivity contribution is 0.0939. The summed E-state index contributed by atoms with van der Waals surface area (Å²) < 4.78 is 0.859. The van der Waals surface area contributed by atoms with Crippen molar-refractivity contribution < 1.29 is 4.79 Å². The zero-order chi connectivity index (χ0) is 12.8. The fourth-order valence-corrected chi connectivity index (χ4v) is 1.97. The lowest BCUT2D eigenvalue weighted by Gasteiger charge is -2.14. The fraction of sp³-hybridized carbons (Fsp3) is 0.462. The first-order chi connectivity index (χ1) is 8.04. The van der Waals surface area contributed by atoms with Gasteiger partial charge in [-0.2, -0.15) is 0 Å². The van der Waals surface area contributed by atoms with Crippen LogP contribution in [0.4, 0.5) is 5.69 Å². The van der Waals surface area contributed by atoms with Crippen molar-refractivity contribution >= 4 is 27.5 Å². The minimum Gasteiger partial charge on any atom is -0.398 e. The molecule has 1 unspecified atom stereocenters. The number of benzene rings is 1. The van der Waals surface area contributed by atoms with Crippen molar-refractivity contribution in [2.24, 2.45) is 0 Å². The first kappa shape index (κ1) is 14.0. The molecule has 0 fully saturated rings. The highest BCUT2D eigenvalue weighted by atomic mass is 79.9. The van der Waals surface area contributed by atoms with E-state index in [1.54, 1.807) is 12.1 Å². The molecule has 1 atom stereocenters. The van der Waals surface area contributed by atoms with Gasteiger partial charge in [-0.1, -0.05) is 35.7 Å². The van der Waals surface area contributed by atoms with Crippen molar-refractivity contribution in [1.82, 2.24) is 5.32 Å². The molecule has 1 amide bonds. The third-order valence-electron chi connectivity index (χ3n) is 2.63. The predicted molar refractivity (Wildman–Crippen MR) is 75.0 cm³/mol. The van der Waals surface area contributed by atoms with Crippen LogP contribution in [0.3, 0.4) is 0 Å². The number of carbonyl (C=O) groups excluding carboxylic acids is 1. The van der Waals surface area contributed by atoms with Crippen LogP contribution in [0.1, 0.15) is 43.5 Å². The van der Waals surface area contributed by atoms with E-state index < -0.39 is 0 Å². The minimum absolute atomic E-state index is 0.104. The smallest absolute Gasteiger partial charge is 0.253 e. The van der Waals surface area contributed by atoms with Gasteiger partial charge in [-0.3, -0.25) is 4.79 Å². The summed E-state index contributed by atoms with van der Waals surface area (Å²) in [6.07, 6.45) is 3.25. The Morgan fingerprint density at radius 3 is 2.88 bits per heavy atom. The van der Waals surface area contributed by atoms with E-state index in [-0.39, 0.29) is 11.9 Å². The average molecular weight is 299 g/mol. The molecule has 94 valence electrons. The van der Waals surface area contributed by atoms with Crippen molar-refractivity contribution in [3.63, 3.8) is 0 Å². The van der Waals surface area contributed by atoms with Crippen molar-refractivity contribution in [2.75, 3.05) is 5.73 Å². The predicted octanol–water partition coefficient (Wildman–Crippen LogP) is 3.34. The summed E-state index contributed by atoms with van der Waals surface area (Å²) in [6.45, 7) is 4.16. The number of unbranched alkanes of at least 4 members (excludes halogenated alkanes) is 1. The maximum Gasteiger partial charge on any atom is 0.253 e. The number of halogens is 1. The Balaban J connectivity index is 2.66. The number of hydrogen-bond donors (Lipinski definition) is 2. The quantitative estimate of drug-likeness (QED) is 0.819. The number of amides is 1. The Hall–Kier alpha value is -1.03. The van der Waals surface area contributed by atoms with Gasteiger partial charge in [0.2, 0.25) is 0 Å². The molecule has 4 heteroatoms. The van der Waals surface area contributed by atoms with E-state index in [9.17, 15) is 4.79 Å². The molecule has 0 radical (unpaired) electrons. The van der Waals surface area contributed by atoms with Crippen LogP contribution in [-0.2, 0) is 0 Å². The minimum atomic E-state index is -0.104. The van der Waals surface area contributed by atoms with Crippen molar-refractivity contribution in [3.05, 3.63) is 28.2 Å². The van der Waals surface area contributed by atoms with Gasteiger partial charge in [0.1, 0.15) is 0 Å². The number of carbonyl (C=O) groups is 1. The first-order valence-corrected chi connectivity index (χ1v) is 6.69. The zero-order valence-corrected chi connectivity index (χ0v) is 11.9. The van der Waals surface area contributed by atoms with Crippen molar-refractivity contribution in [2.45, 2.75) is 39.2 Å². The molecular formula is C13H19BrN2O. The third-order valence-corrected chi connectivity index (χ3v) is 3.12. The average Bonchev–Trinajstić information content (AvgIpc) is 2.29. The second kappa shape index (κ2) is 6.64. The van der Waals surface area contributed by atoms with Gasteiger partial charge >= 0.3 is 0 Å². The third kappa shape index (κ3) is 4.38. The van der Waals surface area contributed by atoms with Gasteiger partial charge in [0.25, 0.3) is 5.91 Å². The number of rotatable bonds is 5. The van der Waals surface area contributed by atoms with E-state index in [0.717, 1.165) is 23.7 Å². The lowest BCUT2D eigenvalue weighted by atomic mass is 10.1. The van der Waals surface area contributed by atoms with Gasteiger partial charge in [0.15, 0.2) is 0 Å². The SMILES string of the molecule is CCCCC(C)NC(=O)c1cc(Br)ccc1N. The Bertz CT molecular complexity index is 393. The number of nitrogen functional groups attached to an aromatic ring is 1. The van der Waals surface area contributed by atoms with Crippen LogP contribution in [0.2, 0.25) is 0 Å². The Kier molecular flexibility index (Phi) is 5.48. The molecule has 0 bridgehead atoms. The summed E-state index contributed by atoms with van der Waals surface area (Å²) in [6, 6.07) is 5.49. The molecule has 1 rings (SSSR count). The second-order valence-electron chi connectivity index (χ2n) is 4.25. The van der Waals surface area contributed by atoms with Gasteiger partial charge < -0.3 is 11.1 Å². The van der Waals surface area contributed by atoms with E-state index in [0.29, 0.717) is 11.3 Å². The van der Waals surface area contributed by atoms with Crippen LogP contribution in [0, 0.1) is 0 Å². The fourth-order valence-electron chi connectivity index (χ4n) is 1.61. The maximum atomic E-state index is 12.0. The standard InChI is InChI=1S/C13H19BrN2O/c1-3-4-5-9(2)16-13(17)11-8-10(14)6-7-12(11)15/h6-9H,3-5,15H2,1-2H3,(H,16,17). The topological polar surface area (TPSA) is 55.1 Å². The molecule has 0 heterocycles. The number of nitrogens with one attached hydrogen (secondary N) is 1. The largest absolute Gasteiger partial charge is 0.398 e. The van der Waals surface area contributed by atoms with Crippen molar-refractivity contribution in [3.8, 4) is 0 Å². The summed E-state index contributed by atoms with van der Waals surface area (Å²) in [5.74, 6) is -0.104. The van der Waals surface area contributed by atoms with Crippen LogP contribution < -0.4 is 11.1 Å². The molecule has 1 aromatic rings. The Morgan fingerprint density at radius 1 is 1.53 bits per heavy atom. The normalized spacial score (nSPS) is 12.2. The highest BCUT2D eigenvalue weighted by molar-refractivity contribution is 9.10. The molecule has 0 saturated carbocycles. The number of anilines is 1. The Morgan fingerprint density at radius 2 is 2.24 bits per heavy atom. The van der Waals surface area contributed by atoms with E-state index >= 15 is 0 Å². The highest BCUT2D eigenvalue weighted by Gasteiger charge is 2.12. The number of hydrogen-bond acceptors (Lipinski definition) is 2. The molecule has 0 aliphatic heterocycles.